The van der Waals surface area contributed by atoms with Crippen LogP contribution in [0.4, 0.5) is 5.69 Å². The number of amides is 2. The third kappa shape index (κ3) is 8.22. The Morgan fingerprint density at radius 3 is 2.21 bits per heavy atom. The molecule has 0 aromatic heterocycles. The highest BCUT2D eigenvalue weighted by Crippen LogP contribution is 2.31. The molecule has 11 heteroatoms. The van der Waals surface area contributed by atoms with E-state index in [2.05, 4.69) is 5.32 Å². The molecule has 0 saturated heterocycles. The topological polar surface area (TPSA) is 96.0 Å². The number of halogens is 2. The van der Waals surface area contributed by atoms with Gasteiger partial charge < -0.3 is 15.0 Å². The summed E-state index contributed by atoms with van der Waals surface area (Å²) in [6.07, 6.45) is 5.02. The molecule has 43 heavy (non-hydrogen) atoms. The summed E-state index contributed by atoms with van der Waals surface area (Å²) in [5, 5.41) is 3.49. The van der Waals surface area contributed by atoms with E-state index in [4.69, 9.17) is 27.9 Å². The van der Waals surface area contributed by atoms with Gasteiger partial charge in [-0.05, 0) is 74.7 Å². The molecule has 0 spiro atoms. The van der Waals surface area contributed by atoms with Crippen molar-refractivity contribution in [2.75, 3.05) is 18.0 Å². The van der Waals surface area contributed by atoms with Crippen LogP contribution in [0.25, 0.3) is 0 Å². The van der Waals surface area contributed by atoms with Gasteiger partial charge in [0.15, 0.2) is 0 Å². The van der Waals surface area contributed by atoms with Gasteiger partial charge in [0.2, 0.25) is 11.8 Å². The third-order valence-electron chi connectivity index (χ3n) is 7.71. The van der Waals surface area contributed by atoms with Crippen LogP contribution in [0.5, 0.6) is 5.75 Å². The molecule has 8 nitrogen and oxygen atoms in total. The average molecular weight is 647 g/mol. The summed E-state index contributed by atoms with van der Waals surface area (Å²) in [6, 6.07) is 17.1. The van der Waals surface area contributed by atoms with E-state index >= 15 is 0 Å². The molecule has 230 valence electrons. The fourth-order valence-corrected chi connectivity index (χ4v) is 6.78. The van der Waals surface area contributed by atoms with Gasteiger partial charge in [0.25, 0.3) is 10.0 Å². The summed E-state index contributed by atoms with van der Waals surface area (Å²) in [4.78, 5) is 29.0. The van der Waals surface area contributed by atoms with E-state index in [0.29, 0.717) is 5.75 Å². The van der Waals surface area contributed by atoms with Crippen molar-refractivity contribution in [3.8, 4) is 5.75 Å². The molecule has 0 aliphatic heterocycles. The predicted octanol–water partition coefficient (Wildman–Crippen LogP) is 6.37. The lowest BCUT2D eigenvalue weighted by Gasteiger charge is -2.33. The molecule has 0 bridgehead atoms. The van der Waals surface area contributed by atoms with E-state index in [-0.39, 0.29) is 39.1 Å². The Balaban J connectivity index is 1.69. The van der Waals surface area contributed by atoms with Crippen molar-refractivity contribution in [1.29, 1.82) is 0 Å². The first-order valence-electron chi connectivity index (χ1n) is 14.3. The first-order valence-corrected chi connectivity index (χ1v) is 16.5. The van der Waals surface area contributed by atoms with Gasteiger partial charge in [-0.3, -0.25) is 13.9 Å². The van der Waals surface area contributed by atoms with Crippen molar-refractivity contribution in [3.05, 3.63) is 87.9 Å². The van der Waals surface area contributed by atoms with Gasteiger partial charge in [0, 0.05) is 12.6 Å². The SMILES string of the molecule is COc1ccc(CN(C(=O)CN(c2ccc(Cl)c(Cl)c2)S(=O)(=O)c2ccc(C)cc2)[C@H](C)C(=O)NC2CCCCC2)cc1. The second-order valence-corrected chi connectivity index (χ2v) is 13.5. The van der Waals surface area contributed by atoms with E-state index in [1.807, 2.05) is 19.1 Å². The smallest absolute Gasteiger partial charge is 0.264 e. The van der Waals surface area contributed by atoms with Crippen molar-refractivity contribution < 1.29 is 22.7 Å². The van der Waals surface area contributed by atoms with Crippen LogP contribution in [0.2, 0.25) is 10.0 Å². The van der Waals surface area contributed by atoms with Gasteiger partial charge in [-0.1, -0.05) is 72.3 Å². The number of nitrogens with zero attached hydrogens (tertiary/aromatic N) is 2. The lowest BCUT2D eigenvalue weighted by molar-refractivity contribution is -0.139. The minimum Gasteiger partial charge on any atom is -0.497 e. The standard InChI is InChI=1S/C32H37Cl2N3O5S/c1-22-9-16-28(17-10-22)43(40,41)37(26-13-18-29(33)30(34)19-26)21-31(38)36(20-24-11-14-27(42-3)15-12-24)23(2)32(39)35-25-7-5-4-6-8-25/h9-19,23,25H,4-8,20-21H2,1-3H3,(H,35,39)/t23-/m1/s1. The zero-order valence-corrected chi connectivity index (χ0v) is 26.9. The summed E-state index contributed by atoms with van der Waals surface area (Å²) in [6.45, 7) is 3.04. The zero-order valence-electron chi connectivity index (χ0n) is 24.6. The molecular formula is C32H37Cl2N3O5S. The monoisotopic (exact) mass is 645 g/mol. The second kappa shape index (κ2) is 14.5. The number of carbonyl (C=O) groups excluding carboxylic acids is 2. The maximum absolute atomic E-state index is 14.1. The quantitative estimate of drug-likeness (QED) is 0.261. The number of anilines is 1. The molecule has 1 aliphatic rings. The Morgan fingerprint density at radius 1 is 0.953 bits per heavy atom. The third-order valence-corrected chi connectivity index (χ3v) is 10.2. The van der Waals surface area contributed by atoms with Gasteiger partial charge in [-0.25, -0.2) is 8.42 Å². The summed E-state index contributed by atoms with van der Waals surface area (Å²) in [5.41, 5.74) is 1.82. The van der Waals surface area contributed by atoms with E-state index in [0.717, 1.165) is 47.5 Å². The van der Waals surface area contributed by atoms with Crippen LogP contribution in [0.1, 0.15) is 50.2 Å². The molecule has 1 atom stereocenters. The van der Waals surface area contributed by atoms with Crippen LogP contribution in [-0.2, 0) is 26.2 Å². The molecule has 1 N–H and O–H groups in total. The Labute approximate surface area is 264 Å². The molecule has 1 fully saturated rings. The largest absolute Gasteiger partial charge is 0.497 e. The van der Waals surface area contributed by atoms with E-state index < -0.39 is 28.5 Å². The fourth-order valence-electron chi connectivity index (χ4n) is 5.09. The van der Waals surface area contributed by atoms with Crippen LogP contribution < -0.4 is 14.4 Å². The maximum atomic E-state index is 14.1. The van der Waals surface area contributed by atoms with Gasteiger partial charge in [-0.15, -0.1) is 0 Å². The van der Waals surface area contributed by atoms with Crippen molar-refractivity contribution in [2.24, 2.45) is 0 Å². The Kier molecular flexibility index (Phi) is 11.0. The maximum Gasteiger partial charge on any atom is 0.264 e. The molecule has 2 amide bonds. The zero-order chi connectivity index (χ0) is 31.1. The second-order valence-electron chi connectivity index (χ2n) is 10.8. The highest BCUT2D eigenvalue weighted by Gasteiger charge is 2.33. The van der Waals surface area contributed by atoms with E-state index in [1.165, 1.54) is 35.2 Å². The summed E-state index contributed by atoms with van der Waals surface area (Å²) < 4.78 is 34.2. The number of hydrogen-bond donors (Lipinski definition) is 1. The van der Waals surface area contributed by atoms with E-state index in [1.54, 1.807) is 38.3 Å². The molecular weight excluding hydrogens is 609 g/mol. The minimum absolute atomic E-state index is 0.0155. The number of carbonyl (C=O) groups is 2. The highest BCUT2D eigenvalue weighted by molar-refractivity contribution is 7.92. The summed E-state index contributed by atoms with van der Waals surface area (Å²) in [5.74, 6) is -0.181. The van der Waals surface area contributed by atoms with Crippen molar-refractivity contribution in [1.82, 2.24) is 10.2 Å². The van der Waals surface area contributed by atoms with Crippen molar-refractivity contribution >= 4 is 50.7 Å². The molecule has 4 rings (SSSR count). The average Bonchev–Trinajstić information content (AvgIpc) is 3.00. The molecule has 0 radical (unpaired) electrons. The van der Waals surface area contributed by atoms with Crippen molar-refractivity contribution in [2.45, 2.75) is 69.5 Å². The Hall–Kier alpha value is -3.27. The number of sulfonamides is 1. The molecule has 0 heterocycles. The molecule has 1 saturated carbocycles. The highest BCUT2D eigenvalue weighted by atomic mass is 35.5. The van der Waals surface area contributed by atoms with Crippen LogP contribution in [0.3, 0.4) is 0 Å². The van der Waals surface area contributed by atoms with Crippen molar-refractivity contribution in [3.63, 3.8) is 0 Å². The fraction of sp³-hybridized carbons (Fsp3) is 0.375. The summed E-state index contributed by atoms with van der Waals surface area (Å²) >= 11 is 12.4. The number of ether oxygens (including phenoxy) is 1. The Morgan fingerprint density at radius 2 is 1.60 bits per heavy atom. The van der Waals surface area contributed by atoms with Gasteiger partial charge in [0.05, 0.1) is 27.7 Å². The van der Waals surface area contributed by atoms with Crippen LogP contribution in [0, 0.1) is 6.92 Å². The van der Waals surface area contributed by atoms with Gasteiger partial charge in [0.1, 0.15) is 18.3 Å². The number of aryl methyl sites for hydroxylation is 1. The Bertz CT molecular complexity index is 1530. The predicted molar refractivity (Wildman–Crippen MR) is 170 cm³/mol. The number of methoxy groups -OCH3 is 1. The molecule has 0 unspecified atom stereocenters. The number of hydrogen-bond acceptors (Lipinski definition) is 5. The van der Waals surface area contributed by atoms with Crippen LogP contribution in [0.15, 0.2) is 71.6 Å². The van der Waals surface area contributed by atoms with Crippen LogP contribution >= 0.6 is 23.2 Å². The van der Waals surface area contributed by atoms with Crippen LogP contribution in [-0.4, -0.2) is 50.9 Å². The number of nitrogens with one attached hydrogen (secondary N) is 1. The van der Waals surface area contributed by atoms with E-state index in [9.17, 15) is 18.0 Å². The molecule has 3 aromatic rings. The number of benzene rings is 3. The first-order chi connectivity index (χ1) is 20.5. The van der Waals surface area contributed by atoms with Gasteiger partial charge in [-0.2, -0.15) is 0 Å². The lowest BCUT2D eigenvalue weighted by atomic mass is 9.95. The normalized spacial score (nSPS) is 14.5. The van der Waals surface area contributed by atoms with Gasteiger partial charge >= 0.3 is 0 Å². The lowest BCUT2D eigenvalue weighted by Crippen LogP contribution is -2.53. The molecule has 1 aliphatic carbocycles. The molecule has 3 aromatic carbocycles. The minimum atomic E-state index is -4.21. The summed E-state index contributed by atoms with van der Waals surface area (Å²) in [7, 11) is -2.65. The first kappa shape index (κ1) is 32.6. The number of rotatable bonds is 11.